The first-order chi connectivity index (χ1) is 11.8. The molecule has 1 heterocycles. The Hall–Kier alpha value is -2.79. The normalized spacial score (nSPS) is 12.0. The molecule has 5 nitrogen and oxygen atoms in total. The second-order valence-electron chi connectivity index (χ2n) is 5.48. The van der Waals surface area contributed by atoms with Gasteiger partial charge < -0.3 is 15.2 Å². The van der Waals surface area contributed by atoms with E-state index >= 15 is 0 Å². The topological polar surface area (TPSA) is 73.2 Å². The van der Waals surface area contributed by atoms with Gasteiger partial charge in [-0.3, -0.25) is 5.10 Å². The molecule has 3 N–H and O–H groups in total. The van der Waals surface area contributed by atoms with Crippen molar-refractivity contribution in [2.24, 2.45) is 5.73 Å². The number of aromatic amines is 1. The number of hydrogen-bond acceptors (Lipinski definition) is 4. The summed E-state index contributed by atoms with van der Waals surface area (Å²) in [5.41, 5.74) is 10.0. The van der Waals surface area contributed by atoms with E-state index in [1.54, 1.807) is 14.2 Å². The Bertz CT molecular complexity index is 799. The summed E-state index contributed by atoms with van der Waals surface area (Å²) < 4.78 is 10.7. The number of nitrogens with zero attached hydrogens (tertiary/aromatic N) is 1. The van der Waals surface area contributed by atoms with Gasteiger partial charge in [-0.2, -0.15) is 5.10 Å². The molecule has 0 bridgehead atoms. The number of benzene rings is 2. The Balaban J connectivity index is 1.94. The monoisotopic (exact) mass is 323 g/mol. The fourth-order valence-corrected chi connectivity index (χ4v) is 2.78. The molecule has 3 rings (SSSR count). The minimum absolute atomic E-state index is 0.00904. The van der Waals surface area contributed by atoms with E-state index in [-0.39, 0.29) is 5.92 Å². The number of rotatable bonds is 6. The molecule has 0 spiro atoms. The number of ether oxygens (including phenoxy) is 2. The van der Waals surface area contributed by atoms with Crippen molar-refractivity contribution in [1.82, 2.24) is 10.2 Å². The fraction of sp³-hybridized carbons (Fsp3) is 0.211. The second kappa shape index (κ2) is 7.19. The number of nitrogens with two attached hydrogens (primary N) is 1. The zero-order chi connectivity index (χ0) is 16.9. The van der Waals surface area contributed by atoms with Crippen molar-refractivity contribution in [1.29, 1.82) is 0 Å². The second-order valence-corrected chi connectivity index (χ2v) is 5.48. The molecule has 0 saturated carbocycles. The molecule has 1 unspecified atom stereocenters. The van der Waals surface area contributed by atoms with Gasteiger partial charge in [0.05, 0.1) is 19.9 Å². The molecule has 2 aromatic carbocycles. The van der Waals surface area contributed by atoms with E-state index in [4.69, 9.17) is 15.2 Å². The van der Waals surface area contributed by atoms with Crippen molar-refractivity contribution in [3.05, 3.63) is 65.9 Å². The molecule has 0 aliphatic carbocycles. The van der Waals surface area contributed by atoms with Crippen LogP contribution >= 0.6 is 0 Å². The molecule has 1 aromatic heterocycles. The zero-order valence-electron chi connectivity index (χ0n) is 13.8. The maximum absolute atomic E-state index is 6.03. The predicted octanol–water partition coefficient (Wildman–Crippen LogP) is 3.18. The molecule has 5 heteroatoms. The molecule has 1 atom stereocenters. The van der Waals surface area contributed by atoms with Crippen LogP contribution in [0.3, 0.4) is 0 Å². The third-order valence-electron chi connectivity index (χ3n) is 4.09. The summed E-state index contributed by atoms with van der Waals surface area (Å²) >= 11 is 0. The highest BCUT2D eigenvalue weighted by Crippen LogP contribution is 2.33. The van der Waals surface area contributed by atoms with Crippen LogP contribution in [0.1, 0.15) is 17.2 Å². The van der Waals surface area contributed by atoms with E-state index < -0.39 is 0 Å². The lowest BCUT2D eigenvalue weighted by Gasteiger charge is -2.16. The molecule has 0 fully saturated rings. The van der Waals surface area contributed by atoms with Crippen LogP contribution in [-0.4, -0.2) is 31.0 Å². The lowest BCUT2D eigenvalue weighted by Crippen LogP contribution is -2.14. The van der Waals surface area contributed by atoms with Gasteiger partial charge in [-0.05, 0) is 23.8 Å². The van der Waals surface area contributed by atoms with Crippen LogP contribution in [-0.2, 0) is 0 Å². The first-order valence-corrected chi connectivity index (χ1v) is 7.79. The van der Waals surface area contributed by atoms with E-state index in [9.17, 15) is 0 Å². The van der Waals surface area contributed by atoms with Crippen molar-refractivity contribution in [2.45, 2.75) is 5.92 Å². The van der Waals surface area contributed by atoms with Gasteiger partial charge in [0.2, 0.25) is 0 Å². The molecule has 0 aliphatic rings. The zero-order valence-corrected chi connectivity index (χ0v) is 13.8. The van der Waals surface area contributed by atoms with Crippen molar-refractivity contribution < 1.29 is 9.47 Å². The van der Waals surface area contributed by atoms with Crippen LogP contribution in [0.4, 0.5) is 0 Å². The number of methoxy groups -OCH3 is 2. The summed E-state index contributed by atoms with van der Waals surface area (Å²) in [6.07, 6.45) is 0. The van der Waals surface area contributed by atoms with Gasteiger partial charge >= 0.3 is 0 Å². The number of aromatic nitrogens is 2. The van der Waals surface area contributed by atoms with Crippen LogP contribution in [0.25, 0.3) is 11.3 Å². The summed E-state index contributed by atoms with van der Waals surface area (Å²) in [7, 11) is 3.25. The van der Waals surface area contributed by atoms with Crippen LogP contribution in [0.5, 0.6) is 11.5 Å². The maximum Gasteiger partial charge on any atom is 0.161 e. The van der Waals surface area contributed by atoms with Gasteiger partial charge in [0.15, 0.2) is 11.5 Å². The molecule has 0 aliphatic heterocycles. The summed E-state index contributed by atoms with van der Waals surface area (Å²) in [5, 5.41) is 7.54. The summed E-state index contributed by atoms with van der Waals surface area (Å²) in [6, 6.07) is 18.0. The Morgan fingerprint density at radius 1 is 1.00 bits per heavy atom. The van der Waals surface area contributed by atoms with E-state index in [2.05, 4.69) is 10.2 Å². The highest BCUT2D eigenvalue weighted by Gasteiger charge is 2.18. The number of nitrogens with one attached hydrogen (secondary N) is 1. The highest BCUT2D eigenvalue weighted by molar-refractivity contribution is 5.59. The van der Waals surface area contributed by atoms with Gasteiger partial charge in [-0.15, -0.1) is 0 Å². The Kier molecular flexibility index (Phi) is 4.82. The maximum atomic E-state index is 6.03. The van der Waals surface area contributed by atoms with Crippen molar-refractivity contribution in [2.75, 3.05) is 20.8 Å². The molecular weight excluding hydrogens is 302 g/mol. The number of H-pyrrole nitrogens is 1. The molecule has 0 amide bonds. The Morgan fingerprint density at radius 2 is 1.75 bits per heavy atom. The van der Waals surface area contributed by atoms with E-state index in [1.807, 2.05) is 54.6 Å². The summed E-state index contributed by atoms with van der Waals surface area (Å²) in [4.78, 5) is 0. The molecule has 3 aromatic rings. The SMILES string of the molecule is COc1ccc(C(CN)c2cc(-c3ccccc3)n[nH]2)cc1OC. The third kappa shape index (κ3) is 3.12. The number of hydrogen-bond donors (Lipinski definition) is 2. The van der Waals surface area contributed by atoms with Gasteiger partial charge in [-0.25, -0.2) is 0 Å². The Labute approximate surface area is 141 Å². The van der Waals surface area contributed by atoms with Crippen molar-refractivity contribution in [3.63, 3.8) is 0 Å². The lowest BCUT2D eigenvalue weighted by atomic mass is 9.95. The Morgan fingerprint density at radius 3 is 2.42 bits per heavy atom. The largest absolute Gasteiger partial charge is 0.493 e. The van der Waals surface area contributed by atoms with E-state index in [1.165, 1.54) is 0 Å². The van der Waals surface area contributed by atoms with Crippen molar-refractivity contribution in [3.8, 4) is 22.8 Å². The highest BCUT2D eigenvalue weighted by atomic mass is 16.5. The van der Waals surface area contributed by atoms with Crippen LogP contribution in [0.15, 0.2) is 54.6 Å². The molecule has 0 saturated heterocycles. The average Bonchev–Trinajstić information content (AvgIpc) is 3.12. The summed E-state index contributed by atoms with van der Waals surface area (Å²) in [6.45, 7) is 0.464. The van der Waals surface area contributed by atoms with Crippen LogP contribution in [0.2, 0.25) is 0 Å². The molecule has 124 valence electrons. The van der Waals surface area contributed by atoms with Gasteiger partial charge in [0, 0.05) is 23.7 Å². The molecule has 24 heavy (non-hydrogen) atoms. The first-order valence-electron chi connectivity index (χ1n) is 7.79. The molecular formula is C19H21N3O2. The van der Waals surface area contributed by atoms with Crippen LogP contribution in [0, 0.1) is 0 Å². The van der Waals surface area contributed by atoms with Gasteiger partial charge in [0.1, 0.15) is 0 Å². The first kappa shape index (κ1) is 16.1. The predicted molar refractivity (Wildman–Crippen MR) is 94.5 cm³/mol. The minimum atomic E-state index is 0.00904. The minimum Gasteiger partial charge on any atom is -0.493 e. The summed E-state index contributed by atoms with van der Waals surface area (Å²) in [5.74, 6) is 1.40. The molecule has 0 radical (unpaired) electrons. The van der Waals surface area contributed by atoms with Gasteiger partial charge in [-0.1, -0.05) is 36.4 Å². The standard InChI is InChI=1S/C19H21N3O2/c1-23-18-9-8-14(10-19(18)24-2)15(12-20)17-11-16(21-22-17)13-6-4-3-5-7-13/h3-11,15H,12,20H2,1-2H3,(H,21,22). The fourth-order valence-electron chi connectivity index (χ4n) is 2.78. The van der Waals surface area contributed by atoms with Crippen LogP contribution < -0.4 is 15.2 Å². The third-order valence-corrected chi connectivity index (χ3v) is 4.09. The smallest absolute Gasteiger partial charge is 0.161 e. The van der Waals surface area contributed by atoms with Crippen molar-refractivity contribution >= 4 is 0 Å². The van der Waals surface area contributed by atoms with Gasteiger partial charge in [0.25, 0.3) is 0 Å². The lowest BCUT2D eigenvalue weighted by molar-refractivity contribution is 0.354. The average molecular weight is 323 g/mol. The quantitative estimate of drug-likeness (QED) is 0.731. The van der Waals surface area contributed by atoms with E-state index in [0.29, 0.717) is 18.0 Å². The van der Waals surface area contributed by atoms with E-state index in [0.717, 1.165) is 22.5 Å².